The Balaban J connectivity index is 2.48. The van der Waals surface area contributed by atoms with Gasteiger partial charge in [-0.05, 0) is 32.0 Å². The lowest BCUT2D eigenvalue weighted by Gasteiger charge is -2.12. The molecule has 0 aromatic heterocycles. The van der Waals surface area contributed by atoms with Crippen molar-refractivity contribution in [1.29, 1.82) is 0 Å². The number of carbonyl (C=O) groups is 2. The average Bonchev–Trinajstić information content (AvgIpc) is 2.40. The van der Waals surface area contributed by atoms with Gasteiger partial charge in [-0.1, -0.05) is 11.6 Å². The molecule has 1 rings (SSSR count). The Kier molecular flexibility index (Phi) is 6.81. The number of nitrogens with one attached hydrogen (secondary N) is 1. The monoisotopic (exact) mass is 319 g/mol. The molecule has 0 heterocycles. The highest BCUT2D eigenvalue weighted by Crippen LogP contribution is 2.20. The molecule has 0 bridgehead atoms. The predicted molar refractivity (Wildman–Crippen MR) is 78.6 cm³/mol. The summed E-state index contributed by atoms with van der Waals surface area (Å²) in [7, 11) is 0. The first-order valence-electron chi connectivity index (χ1n) is 5.97. The second-order valence-corrected chi connectivity index (χ2v) is 5.61. The Morgan fingerprint density at radius 1 is 1.50 bits per heavy atom. The van der Waals surface area contributed by atoms with E-state index < -0.39 is 11.1 Å². The fraction of sp³-hybridized carbons (Fsp3) is 0.385. The van der Waals surface area contributed by atoms with Gasteiger partial charge in [0.1, 0.15) is 5.82 Å². The second-order valence-electron chi connectivity index (χ2n) is 3.88. The second kappa shape index (κ2) is 8.11. The number of hydrogen-bond donors (Lipinski definition) is 1. The van der Waals surface area contributed by atoms with Crippen LogP contribution >= 0.6 is 23.4 Å². The maximum atomic E-state index is 13.0. The summed E-state index contributed by atoms with van der Waals surface area (Å²) in [6.45, 7) is 3.70. The topological polar surface area (TPSA) is 55.4 Å². The quantitative estimate of drug-likeness (QED) is 0.819. The van der Waals surface area contributed by atoms with E-state index in [1.807, 2.05) is 0 Å². The first-order chi connectivity index (χ1) is 9.43. The smallest absolute Gasteiger partial charge is 0.315 e. The minimum Gasteiger partial charge on any atom is -0.465 e. The molecule has 0 saturated heterocycles. The maximum absolute atomic E-state index is 13.0. The van der Waals surface area contributed by atoms with Gasteiger partial charge in [-0.25, -0.2) is 4.39 Å². The van der Waals surface area contributed by atoms with Crippen LogP contribution in [0.15, 0.2) is 18.2 Å². The summed E-state index contributed by atoms with van der Waals surface area (Å²) in [5, 5.41) is 2.10. The number of amides is 1. The zero-order valence-electron chi connectivity index (χ0n) is 11.1. The van der Waals surface area contributed by atoms with Crippen molar-refractivity contribution < 1.29 is 18.7 Å². The molecule has 0 aliphatic rings. The number of ether oxygens (including phenoxy) is 1. The largest absolute Gasteiger partial charge is 0.465 e. The highest BCUT2D eigenvalue weighted by molar-refractivity contribution is 8.01. The average molecular weight is 320 g/mol. The zero-order valence-corrected chi connectivity index (χ0v) is 12.7. The van der Waals surface area contributed by atoms with Crippen molar-refractivity contribution in [1.82, 2.24) is 0 Å². The van der Waals surface area contributed by atoms with E-state index in [1.54, 1.807) is 13.8 Å². The molecule has 1 unspecified atom stereocenters. The Morgan fingerprint density at radius 2 is 2.20 bits per heavy atom. The Bertz CT molecular complexity index is 499. The van der Waals surface area contributed by atoms with Gasteiger partial charge in [0.2, 0.25) is 5.91 Å². The number of esters is 1. The van der Waals surface area contributed by atoms with Crippen LogP contribution in [0.3, 0.4) is 0 Å². The van der Waals surface area contributed by atoms with Crippen LogP contribution in [0.1, 0.15) is 13.8 Å². The van der Waals surface area contributed by atoms with E-state index >= 15 is 0 Å². The number of halogens is 2. The van der Waals surface area contributed by atoms with Crippen LogP contribution in [0.4, 0.5) is 10.1 Å². The van der Waals surface area contributed by atoms with Gasteiger partial charge in [0.05, 0.1) is 22.6 Å². The lowest BCUT2D eigenvalue weighted by molar-refractivity contribution is -0.139. The van der Waals surface area contributed by atoms with E-state index in [4.69, 9.17) is 16.3 Å². The Morgan fingerprint density at radius 3 is 2.80 bits per heavy atom. The van der Waals surface area contributed by atoms with Crippen LogP contribution in [0, 0.1) is 5.82 Å². The molecule has 4 nitrogen and oxygen atoms in total. The number of rotatable bonds is 6. The summed E-state index contributed by atoms with van der Waals surface area (Å²) in [5.74, 6) is -1.09. The summed E-state index contributed by atoms with van der Waals surface area (Å²) in [5.41, 5.74) is 0.407. The fourth-order valence-corrected chi connectivity index (χ4v) is 2.15. The molecule has 20 heavy (non-hydrogen) atoms. The summed E-state index contributed by atoms with van der Waals surface area (Å²) in [6, 6.07) is 3.92. The Labute approximate surface area is 126 Å². The van der Waals surface area contributed by atoms with Crippen LogP contribution in [0.2, 0.25) is 5.02 Å². The van der Waals surface area contributed by atoms with Crippen LogP contribution < -0.4 is 5.32 Å². The van der Waals surface area contributed by atoms with Gasteiger partial charge in [0.25, 0.3) is 0 Å². The third-order valence-electron chi connectivity index (χ3n) is 2.31. The first-order valence-corrected chi connectivity index (χ1v) is 7.39. The van der Waals surface area contributed by atoms with Crippen molar-refractivity contribution in [2.24, 2.45) is 0 Å². The third kappa shape index (κ3) is 5.38. The molecule has 0 saturated carbocycles. The molecule has 1 aromatic rings. The van der Waals surface area contributed by atoms with Gasteiger partial charge < -0.3 is 10.1 Å². The molecule has 1 amide bonds. The van der Waals surface area contributed by atoms with E-state index in [0.717, 1.165) is 0 Å². The van der Waals surface area contributed by atoms with E-state index in [2.05, 4.69) is 5.32 Å². The zero-order chi connectivity index (χ0) is 15.1. The molecule has 7 heteroatoms. The van der Waals surface area contributed by atoms with Crippen molar-refractivity contribution in [3.05, 3.63) is 29.0 Å². The number of benzene rings is 1. The minimum absolute atomic E-state index is 0.0605. The fourth-order valence-electron chi connectivity index (χ4n) is 1.29. The van der Waals surface area contributed by atoms with Crippen LogP contribution in [0.5, 0.6) is 0 Å². The van der Waals surface area contributed by atoms with Crippen LogP contribution in [-0.2, 0) is 14.3 Å². The summed E-state index contributed by atoms with van der Waals surface area (Å²) >= 11 is 6.79. The molecule has 1 aromatic carbocycles. The van der Waals surface area contributed by atoms with Crippen molar-refractivity contribution in [3.8, 4) is 0 Å². The number of hydrogen-bond acceptors (Lipinski definition) is 4. The molecule has 1 N–H and O–H groups in total. The van der Waals surface area contributed by atoms with Crippen LogP contribution in [-0.4, -0.2) is 29.5 Å². The number of thioether (sulfide) groups is 1. The van der Waals surface area contributed by atoms with Crippen molar-refractivity contribution >= 4 is 40.9 Å². The van der Waals surface area contributed by atoms with Crippen LogP contribution in [0.25, 0.3) is 0 Å². The van der Waals surface area contributed by atoms with Gasteiger partial charge in [-0.15, -0.1) is 11.8 Å². The highest BCUT2D eigenvalue weighted by Gasteiger charge is 2.16. The predicted octanol–water partition coefficient (Wildman–Crippen LogP) is 3.10. The highest BCUT2D eigenvalue weighted by atomic mass is 35.5. The molecular weight excluding hydrogens is 305 g/mol. The molecule has 0 fully saturated rings. The van der Waals surface area contributed by atoms with Gasteiger partial charge in [-0.3, -0.25) is 9.59 Å². The third-order valence-corrected chi connectivity index (χ3v) is 3.72. The van der Waals surface area contributed by atoms with E-state index in [0.29, 0.717) is 12.3 Å². The van der Waals surface area contributed by atoms with E-state index in [9.17, 15) is 14.0 Å². The molecule has 0 aliphatic carbocycles. The normalized spacial score (nSPS) is 11.8. The lowest BCUT2D eigenvalue weighted by Crippen LogP contribution is -2.24. The summed E-state index contributed by atoms with van der Waals surface area (Å²) < 4.78 is 17.7. The Hall–Kier alpha value is -1.27. The first kappa shape index (κ1) is 16.8. The molecular formula is C13H15ClFNO3S. The van der Waals surface area contributed by atoms with Gasteiger partial charge in [0.15, 0.2) is 0 Å². The lowest BCUT2D eigenvalue weighted by atomic mass is 10.3. The SMILES string of the molecule is CCOC(=O)CSC(C)C(=O)Nc1ccc(F)c(Cl)c1. The molecule has 0 radical (unpaired) electrons. The van der Waals surface area contributed by atoms with Gasteiger partial charge in [0, 0.05) is 5.69 Å². The molecule has 110 valence electrons. The minimum atomic E-state index is -0.547. The van der Waals surface area contributed by atoms with Crippen molar-refractivity contribution in [2.75, 3.05) is 17.7 Å². The van der Waals surface area contributed by atoms with E-state index in [1.165, 1.54) is 30.0 Å². The molecule has 0 spiro atoms. The summed E-state index contributed by atoms with van der Waals surface area (Å²) in [6.07, 6.45) is 0. The van der Waals surface area contributed by atoms with Crippen molar-refractivity contribution in [3.63, 3.8) is 0 Å². The number of carbonyl (C=O) groups excluding carboxylic acids is 2. The van der Waals surface area contributed by atoms with Gasteiger partial charge in [-0.2, -0.15) is 0 Å². The number of anilines is 1. The molecule has 1 atom stereocenters. The molecule has 0 aliphatic heterocycles. The summed E-state index contributed by atoms with van der Waals surface area (Å²) in [4.78, 5) is 23.0. The van der Waals surface area contributed by atoms with Crippen molar-refractivity contribution in [2.45, 2.75) is 19.1 Å². The van der Waals surface area contributed by atoms with Gasteiger partial charge >= 0.3 is 5.97 Å². The van der Waals surface area contributed by atoms with E-state index in [-0.39, 0.29) is 22.7 Å². The standard InChI is InChI=1S/C13H15ClFNO3S/c1-3-19-12(17)7-20-8(2)13(18)16-9-4-5-11(15)10(14)6-9/h4-6,8H,3,7H2,1-2H3,(H,16,18). The maximum Gasteiger partial charge on any atom is 0.315 e.